The molecule has 14 rings (SSSR count). The van der Waals surface area contributed by atoms with E-state index in [1.54, 1.807) is 12.4 Å². The highest BCUT2D eigenvalue weighted by molar-refractivity contribution is 6.13. The summed E-state index contributed by atoms with van der Waals surface area (Å²) in [7, 11) is 0. The Morgan fingerprint density at radius 2 is 0.632 bits per heavy atom. The standard InChI is InChI=1S/C66H40N10/c67-41-49-39-59(75-55-27-15-13-25-50(55)52-31-29-47(37-57(52)75)65-71-61(43-17-5-1-6-18-43)69-62(72-65)44-19-7-2-8-20-44)60(40-54(49)42-33-35-68-36-34-42)76-56-28-16-14-26-51(56)53-32-30-48(38-58(53)76)66-73-63(45-21-9-3-10-22-45)70-64(74-66)46-23-11-4-12-24-46/h1-40H. The third-order valence-corrected chi connectivity index (χ3v) is 14.0. The lowest BCUT2D eigenvalue weighted by Gasteiger charge is -2.20. The van der Waals surface area contributed by atoms with E-state index in [-0.39, 0.29) is 0 Å². The molecule has 0 amide bonds. The minimum Gasteiger partial charge on any atom is -0.307 e. The zero-order valence-electron chi connectivity index (χ0n) is 40.6. The SMILES string of the molecule is N#Cc1cc(-n2c3ccccc3c3ccc(-c4nc(-c5ccccc5)nc(-c5ccccc5)n4)cc32)c(-n2c3ccccc3c3ccc(-c4nc(-c5ccccc5)nc(-c5ccccc5)n4)cc32)cc1-c1ccncc1. The molecule has 0 aliphatic heterocycles. The first kappa shape index (κ1) is 44.0. The molecule has 10 nitrogen and oxygen atoms in total. The van der Waals surface area contributed by atoms with Crippen molar-refractivity contribution in [3.05, 3.63) is 248 Å². The molecule has 10 heteroatoms. The molecule has 5 aromatic heterocycles. The van der Waals surface area contributed by atoms with Crippen molar-refractivity contribution in [1.82, 2.24) is 44.0 Å². The van der Waals surface area contributed by atoms with Crippen molar-refractivity contribution in [2.75, 3.05) is 0 Å². The number of benzene rings is 9. The maximum absolute atomic E-state index is 11.2. The van der Waals surface area contributed by atoms with Crippen molar-refractivity contribution in [2.45, 2.75) is 0 Å². The zero-order chi connectivity index (χ0) is 50.5. The van der Waals surface area contributed by atoms with Crippen LogP contribution < -0.4 is 0 Å². The van der Waals surface area contributed by atoms with Gasteiger partial charge in [0.25, 0.3) is 0 Å². The molecule has 0 N–H and O–H groups in total. The molecule has 0 unspecified atom stereocenters. The highest BCUT2D eigenvalue weighted by atomic mass is 15.1. The lowest BCUT2D eigenvalue weighted by molar-refractivity contribution is 1.07. The molecule has 9 aromatic carbocycles. The van der Waals surface area contributed by atoms with E-state index in [1.807, 2.05) is 140 Å². The largest absolute Gasteiger partial charge is 0.307 e. The number of hydrogen-bond acceptors (Lipinski definition) is 8. The van der Waals surface area contributed by atoms with Gasteiger partial charge in [0.15, 0.2) is 34.9 Å². The van der Waals surface area contributed by atoms with Crippen LogP contribution in [0.1, 0.15) is 5.56 Å². The first-order chi connectivity index (χ1) is 37.6. The van der Waals surface area contributed by atoms with Crippen LogP contribution in [0.2, 0.25) is 0 Å². The summed E-state index contributed by atoms with van der Waals surface area (Å²) in [5.74, 6) is 3.40. The number of fused-ring (bicyclic) bond motifs is 6. The normalized spacial score (nSPS) is 11.4. The summed E-state index contributed by atoms with van der Waals surface area (Å²) in [6.45, 7) is 0. The van der Waals surface area contributed by atoms with Gasteiger partial charge in [0, 0.05) is 72.9 Å². The summed E-state index contributed by atoms with van der Waals surface area (Å²) in [6, 6.07) is 80.5. The van der Waals surface area contributed by atoms with Crippen LogP contribution in [-0.2, 0) is 0 Å². The van der Waals surface area contributed by atoms with E-state index in [0.29, 0.717) is 40.5 Å². The first-order valence-corrected chi connectivity index (χ1v) is 24.9. The Bertz CT molecular complexity index is 4450. The van der Waals surface area contributed by atoms with Crippen molar-refractivity contribution >= 4 is 43.6 Å². The molecular formula is C66H40N10. The van der Waals surface area contributed by atoms with Crippen LogP contribution in [0.3, 0.4) is 0 Å². The van der Waals surface area contributed by atoms with Crippen molar-refractivity contribution < 1.29 is 0 Å². The molecule has 0 saturated heterocycles. The Labute approximate surface area is 436 Å². The highest BCUT2D eigenvalue weighted by Gasteiger charge is 2.24. The van der Waals surface area contributed by atoms with Gasteiger partial charge in [-0.25, -0.2) is 29.9 Å². The zero-order valence-corrected chi connectivity index (χ0v) is 40.6. The Kier molecular flexibility index (Phi) is 10.6. The summed E-state index contributed by atoms with van der Waals surface area (Å²) in [6.07, 6.45) is 3.53. The summed E-state index contributed by atoms with van der Waals surface area (Å²) in [5, 5.41) is 15.4. The van der Waals surface area contributed by atoms with Gasteiger partial charge in [-0.3, -0.25) is 4.98 Å². The van der Waals surface area contributed by atoms with E-state index >= 15 is 0 Å². The highest BCUT2D eigenvalue weighted by Crippen LogP contribution is 2.43. The van der Waals surface area contributed by atoms with Crippen LogP contribution >= 0.6 is 0 Å². The van der Waals surface area contributed by atoms with Crippen molar-refractivity contribution in [3.8, 4) is 96.9 Å². The van der Waals surface area contributed by atoms with E-state index in [0.717, 1.165) is 99.5 Å². The fraction of sp³-hybridized carbons (Fsp3) is 0. The third-order valence-electron chi connectivity index (χ3n) is 14.0. The predicted molar refractivity (Wildman–Crippen MR) is 302 cm³/mol. The summed E-state index contributed by atoms with van der Waals surface area (Å²) >= 11 is 0. The van der Waals surface area contributed by atoms with Gasteiger partial charge in [0.05, 0.1) is 45.1 Å². The fourth-order valence-electron chi connectivity index (χ4n) is 10.4. The van der Waals surface area contributed by atoms with Gasteiger partial charge in [0.2, 0.25) is 0 Å². The van der Waals surface area contributed by atoms with Crippen LogP contribution in [0, 0.1) is 11.3 Å². The van der Waals surface area contributed by atoms with Crippen LogP contribution in [-0.4, -0.2) is 44.0 Å². The van der Waals surface area contributed by atoms with Crippen LogP contribution in [0.15, 0.2) is 243 Å². The molecule has 0 atom stereocenters. The fourth-order valence-corrected chi connectivity index (χ4v) is 10.4. The molecule has 14 aromatic rings. The second-order valence-corrected chi connectivity index (χ2v) is 18.5. The molecule has 0 radical (unpaired) electrons. The Morgan fingerprint density at radius 1 is 0.289 bits per heavy atom. The number of aromatic nitrogens is 9. The number of rotatable bonds is 9. The Hall–Kier alpha value is -10.8. The van der Waals surface area contributed by atoms with Crippen molar-refractivity contribution in [1.29, 1.82) is 5.26 Å². The second kappa shape index (κ2) is 18.4. The first-order valence-electron chi connectivity index (χ1n) is 24.9. The number of nitriles is 1. The molecular weight excluding hydrogens is 933 g/mol. The van der Waals surface area contributed by atoms with E-state index in [1.165, 1.54) is 0 Å². The van der Waals surface area contributed by atoms with Crippen molar-refractivity contribution in [2.24, 2.45) is 0 Å². The molecule has 354 valence electrons. The van der Waals surface area contributed by atoms with E-state index in [4.69, 9.17) is 29.9 Å². The van der Waals surface area contributed by atoms with Gasteiger partial charge in [-0.15, -0.1) is 0 Å². The number of nitrogens with zero attached hydrogens (tertiary/aromatic N) is 10. The monoisotopic (exact) mass is 972 g/mol. The minimum absolute atomic E-state index is 0.512. The third kappa shape index (κ3) is 7.63. The molecule has 0 aliphatic rings. The molecule has 0 aliphatic carbocycles. The van der Waals surface area contributed by atoms with Gasteiger partial charge in [-0.1, -0.05) is 182 Å². The van der Waals surface area contributed by atoms with Gasteiger partial charge < -0.3 is 9.13 Å². The maximum atomic E-state index is 11.2. The quantitative estimate of drug-likeness (QED) is 0.140. The van der Waals surface area contributed by atoms with Crippen molar-refractivity contribution in [3.63, 3.8) is 0 Å². The lowest BCUT2D eigenvalue weighted by atomic mass is 9.99. The van der Waals surface area contributed by atoms with Gasteiger partial charge >= 0.3 is 0 Å². The number of pyridine rings is 1. The van der Waals surface area contributed by atoms with E-state index in [2.05, 4.69) is 111 Å². The number of para-hydroxylation sites is 2. The number of hydrogen-bond donors (Lipinski definition) is 0. The summed E-state index contributed by atoms with van der Waals surface area (Å²) < 4.78 is 4.61. The van der Waals surface area contributed by atoms with Gasteiger partial charge in [-0.2, -0.15) is 5.26 Å². The molecule has 0 saturated carbocycles. The Balaban J connectivity index is 1.05. The van der Waals surface area contributed by atoms with Crippen LogP contribution in [0.25, 0.3) is 134 Å². The molecule has 0 fully saturated rings. The summed E-state index contributed by atoms with van der Waals surface area (Å²) in [4.78, 5) is 34.9. The molecule has 0 bridgehead atoms. The molecule has 0 spiro atoms. The van der Waals surface area contributed by atoms with Crippen LogP contribution in [0.4, 0.5) is 0 Å². The van der Waals surface area contributed by atoms with Gasteiger partial charge in [-0.05, 0) is 54.1 Å². The second-order valence-electron chi connectivity index (χ2n) is 18.5. The van der Waals surface area contributed by atoms with Gasteiger partial charge in [0.1, 0.15) is 0 Å². The minimum atomic E-state index is 0.512. The average molecular weight is 973 g/mol. The molecule has 5 heterocycles. The smallest absolute Gasteiger partial charge is 0.164 e. The molecule has 76 heavy (non-hydrogen) atoms. The maximum Gasteiger partial charge on any atom is 0.164 e. The van der Waals surface area contributed by atoms with E-state index < -0.39 is 0 Å². The summed E-state index contributed by atoms with van der Waals surface area (Å²) in [5.41, 5.74) is 12.8. The Morgan fingerprint density at radius 3 is 1.03 bits per heavy atom. The predicted octanol–water partition coefficient (Wildman–Crippen LogP) is 15.2. The topological polar surface area (TPSA) is 124 Å². The lowest BCUT2D eigenvalue weighted by Crippen LogP contribution is -2.06. The average Bonchev–Trinajstić information content (AvgIpc) is 4.12. The van der Waals surface area contributed by atoms with E-state index in [9.17, 15) is 5.26 Å². The van der Waals surface area contributed by atoms with Crippen LogP contribution in [0.5, 0.6) is 0 Å².